The molecule has 2 N–H and O–H groups in total. The second kappa shape index (κ2) is 6.92. The third kappa shape index (κ3) is 3.96. The van der Waals surface area contributed by atoms with E-state index in [1.54, 1.807) is 7.11 Å². The van der Waals surface area contributed by atoms with E-state index in [1.165, 1.54) is 0 Å². The molecule has 112 valence electrons. The lowest BCUT2D eigenvalue weighted by Gasteiger charge is -2.36. The van der Waals surface area contributed by atoms with E-state index in [1.807, 2.05) is 18.2 Å². The first-order valence-corrected chi connectivity index (χ1v) is 8.14. The van der Waals surface area contributed by atoms with Crippen molar-refractivity contribution < 1.29 is 9.84 Å². The summed E-state index contributed by atoms with van der Waals surface area (Å²) in [5.41, 5.74) is 0.599. The number of methoxy groups -OCH3 is 1. The van der Waals surface area contributed by atoms with Crippen LogP contribution in [-0.4, -0.2) is 30.4 Å². The summed E-state index contributed by atoms with van der Waals surface area (Å²) in [4.78, 5) is 0. The molecule has 1 aliphatic carbocycles. The van der Waals surface area contributed by atoms with Crippen molar-refractivity contribution in [1.29, 1.82) is 0 Å². The highest BCUT2D eigenvalue weighted by Crippen LogP contribution is 2.33. The minimum absolute atomic E-state index is 0.556. The largest absolute Gasteiger partial charge is 0.496 e. The van der Waals surface area contributed by atoms with Crippen LogP contribution in [0.1, 0.15) is 38.2 Å². The Labute approximate surface area is 129 Å². The minimum Gasteiger partial charge on any atom is -0.496 e. The predicted molar refractivity (Wildman–Crippen MR) is 85.3 cm³/mol. The molecule has 0 spiro atoms. The average molecular weight is 342 g/mol. The molecule has 1 saturated carbocycles. The number of ether oxygens (including phenoxy) is 1. The van der Waals surface area contributed by atoms with Gasteiger partial charge in [-0.15, -0.1) is 0 Å². The molecule has 0 aromatic heterocycles. The van der Waals surface area contributed by atoms with Gasteiger partial charge >= 0.3 is 0 Å². The molecular formula is C16H24BrNO2. The van der Waals surface area contributed by atoms with Crippen LogP contribution in [0.4, 0.5) is 0 Å². The summed E-state index contributed by atoms with van der Waals surface area (Å²) in [7, 11) is 1.66. The first-order valence-electron chi connectivity index (χ1n) is 7.34. The molecule has 0 bridgehead atoms. The van der Waals surface area contributed by atoms with Gasteiger partial charge in [-0.25, -0.2) is 0 Å². The monoisotopic (exact) mass is 341 g/mol. The Morgan fingerprint density at radius 1 is 1.40 bits per heavy atom. The third-order valence-corrected chi connectivity index (χ3v) is 4.78. The average Bonchev–Trinajstić information content (AvgIpc) is 2.42. The summed E-state index contributed by atoms with van der Waals surface area (Å²) in [5, 5.41) is 14.2. The molecule has 0 aliphatic heterocycles. The van der Waals surface area contributed by atoms with E-state index in [4.69, 9.17) is 4.74 Å². The normalized spacial score (nSPS) is 26.5. The van der Waals surface area contributed by atoms with Gasteiger partial charge in [-0.3, -0.25) is 0 Å². The zero-order chi connectivity index (χ0) is 14.6. The highest BCUT2D eigenvalue weighted by atomic mass is 79.9. The summed E-state index contributed by atoms with van der Waals surface area (Å²) in [6.07, 6.45) is 4.57. The molecule has 4 heteroatoms. The SMILES string of the molecule is CCNC1CCC(O)(Cc2ccc(OC)c(Br)c2)CC1. The molecule has 0 saturated heterocycles. The van der Waals surface area contributed by atoms with Crippen molar-refractivity contribution in [3.63, 3.8) is 0 Å². The van der Waals surface area contributed by atoms with E-state index in [2.05, 4.69) is 28.2 Å². The van der Waals surface area contributed by atoms with Crippen molar-refractivity contribution >= 4 is 15.9 Å². The lowest BCUT2D eigenvalue weighted by atomic mass is 9.78. The number of benzene rings is 1. The predicted octanol–water partition coefficient (Wildman–Crippen LogP) is 3.28. The van der Waals surface area contributed by atoms with Crippen LogP contribution in [0, 0.1) is 0 Å². The van der Waals surface area contributed by atoms with Crippen molar-refractivity contribution in [2.24, 2.45) is 0 Å². The third-order valence-electron chi connectivity index (χ3n) is 4.16. The fourth-order valence-corrected chi connectivity index (χ4v) is 3.61. The van der Waals surface area contributed by atoms with Crippen molar-refractivity contribution in [3.05, 3.63) is 28.2 Å². The molecule has 0 radical (unpaired) electrons. The molecule has 0 heterocycles. The van der Waals surface area contributed by atoms with E-state index in [9.17, 15) is 5.11 Å². The fourth-order valence-electron chi connectivity index (χ4n) is 3.02. The summed E-state index contributed by atoms with van der Waals surface area (Å²) in [6.45, 7) is 3.14. The zero-order valence-electron chi connectivity index (χ0n) is 12.3. The molecule has 3 nitrogen and oxygen atoms in total. The molecular weight excluding hydrogens is 318 g/mol. The van der Waals surface area contributed by atoms with E-state index in [0.29, 0.717) is 12.5 Å². The Kier molecular flexibility index (Phi) is 5.47. The molecule has 1 aromatic carbocycles. The topological polar surface area (TPSA) is 41.5 Å². The Morgan fingerprint density at radius 3 is 2.65 bits per heavy atom. The minimum atomic E-state index is -0.556. The van der Waals surface area contributed by atoms with E-state index in [0.717, 1.165) is 48.0 Å². The van der Waals surface area contributed by atoms with Crippen molar-refractivity contribution in [2.45, 2.75) is 50.7 Å². The van der Waals surface area contributed by atoms with Crippen LogP contribution >= 0.6 is 15.9 Å². The van der Waals surface area contributed by atoms with Gasteiger partial charge in [-0.05, 0) is 65.9 Å². The van der Waals surface area contributed by atoms with E-state index < -0.39 is 5.60 Å². The molecule has 1 aromatic rings. The summed E-state index contributed by atoms with van der Waals surface area (Å²) in [6, 6.07) is 6.61. The molecule has 0 amide bonds. The molecule has 1 fully saturated rings. The molecule has 0 unspecified atom stereocenters. The zero-order valence-corrected chi connectivity index (χ0v) is 13.9. The van der Waals surface area contributed by atoms with Gasteiger partial charge in [0.05, 0.1) is 17.2 Å². The Hall–Kier alpha value is -0.580. The van der Waals surface area contributed by atoms with Crippen molar-refractivity contribution in [2.75, 3.05) is 13.7 Å². The Morgan fingerprint density at radius 2 is 2.10 bits per heavy atom. The molecule has 2 rings (SSSR count). The standard InChI is InChI=1S/C16H24BrNO2/c1-3-18-13-6-8-16(19,9-7-13)11-12-4-5-15(20-2)14(17)10-12/h4-5,10,13,18-19H,3,6-9,11H2,1-2H3. The molecule has 1 aliphatic rings. The smallest absolute Gasteiger partial charge is 0.133 e. The summed E-state index contributed by atoms with van der Waals surface area (Å²) in [5.74, 6) is 0.830. The lowest BCUT2D eigenvalue weighted by molar-refractivity contribution is -0.00296. The maximum atomic E-state index is 10.8. The van der Waals surface area contributed by atoms with Gasteiger partial charge in [0.1, 0.15) is 5.75 Å². The van der Waals surface area contributed by atoms with Gasteiger partial charge in [-0.2, -0.15) is 0 Å². The fraction of sp³-hybridized carbons (Fsp3) is 0.625. The van der Waals surface area contributed by atoms with Gasteiger partial charge in [0.15, 0.2) is 0 Å². The van der Waals surface area contributed by atoms with Crippen LogP contribution in [0.5, 0.6) is 5.75 Å². The Bertz CT molecular complexity index is 442. The van der Waals surface area contributed by atoms with Crippen LogP contribution in [0.25, 0.3) is 0 Å². The van der Waals surface area contributed by atoms with Gasteiger partial charge in [-0.1, -0.05) is 13.0 Å². The van der Waals surface area contributed by atoms with Crippen molar-refractivity contribution in [3.8, 4) is 5.75 Å². The summed E-state index contributed by atoms with van der Waals surface area (Å²) < 4.78 is 6.19. The van der Waals surface area contributed by atoms with Crippen LogP contribution in [-0.2, 0) is 6.42 Å². The molecule has 20 heavy (non-hydrogen) atoms. The quantitative estimate of drug-likeness (QED) is 0.863. The van der Waals surface area contributed by atoms with Crippen molar-refractivity contribution in [1.82, 2.24) is 5.32 Å². The number of halogens is 1. The number of hydrogen-bond donors (Lipinski definition) is 2. The second-order valence-corrected chi connectivity index (χ2v) is 6.56. The first kappa shape index (κ1) is 15.8. The molecule has 0 atom stereocenters. The number of rotatable bonds is 5. The van der Waals surface area contributed by atoms with Crippen LogP contribution in [0.3, 0.4) is 0 Å². The maximum absolute atomic E-state index is 10.8. The van der Waals surface area contributed by atoms with Gasteiger partial charge in [0, 0.05) is 12.5 Å². The van der Waals surface area contributed by atoms with Crippen LogP contribution < -0.4 is 10.1 Å². The number of nitrogens with one attached hydrogen (secondary N) is 1. The van der Waals surface area contributed by atoms with Gasteiger partial charge < -0.3 is 15.2 Å². The maximum Gasteiger partial charge on any atom is 0.133 e. The highest BCUT2D eigenvalue weighted by Gasteiger charge is 2.33. The summed E-state index contributed by atoms with van der Waals surface area (Å²) >= 11 is 3.50. The first-order chi connectivity index (χ1) is 9.56. The van der Waals surface area contributed by atoms with Crippen LogP contribution in [0.15, 0.2) is 22.7 Å². The lowest BCUT2D eigenvalue weighted by Crippen LogP contribution is -2.42. The number of hydrogen-bond acceptors (Lipinski definition) is 3. The Balaban J connectivity index is 1.97. The van der Waals surface area contributed by atoms with Crippen LogP contribution in [0.2, 0.25) is 0 Å². The second-order valence-electron chi connectivity index (χ2n) is 5.70. The van der Waals surface area contributed by atoms with E-state index >= 15 is 0 Å². The van der Waals surface area contributed by atoms with Gasteiger partial charge in [0.2, 0.25) is 0 Å². The van der Waals surface area contributed by atoms with E-state index in [-0.39, 0.29) is 0 Å². The number of aliphatic hydroxyl groups is 1. The highest BCUT2D eigenvalue weighted by molar-refractivity contribution is 9.10. The van der Waals surface area contributed by atoms with Gasteiger partial charge in [0.25, 0.3) is 0 Å².